The second kappa shape index (κ2) is 6.23. The lowest BCUT2D eigenvalue weighted by Crippen LogP contribution is -2.30. The van der Waals surface area contributed by atoms with E-state index in [1.807, 2.05) is 24.3 Å². The van der Waals surface area contributed by atoms with Crippen LogP contribution in [0.4, 0.5) is 0 Å². The summed E-state index contributed by atoms with van der Waals surface area (Å²) in [6, 6.07) is 7.61. The molecule has 2 unspecified atom stereocenters. The minimum Gasteiger partial charge on any atom is -0.492 e. The van der Waals surface area contributed by atoms with Crippen molar-refractivity contribution in [3.8, 4) is 5.75 Å². The molecule has 1 aromatic carbocycles. The Morgan fingerprint density at radius 2 is 2.00 bits per heavy atom. The van der Waals surface area contributed by atoms with Gasteiger partial charge in [0.25, 0.3) is 0 Å². The first kappa shape index (κ1) is 14.1. The van der Waals surface area contributed by atoms with E-state index in [4.69, 9.17) is 9.84 Å². The maximum Gasteiger partial charge on any atom is 0.307 e. The molecule has 19 heavy (non-hydrogen) atoms. The normalized spacial score (nSPS) is 20.7. The van der Waals surface area contributed by atoms with Crippen molar-refractivity contribution in [2.75, 3.05) is 13.2 Å². The first-order chi connectivity index (χ1) is 9.08. The van der Waals surface area contributed by atoms with Crippen molar-refractivity contribution in [3.63, 3.8) is 0 Å². The summed E-state index contributed by atoms with van der Waals surface area (Å²) in [7, 11) is 0. The number of benzene rings is 1. The van der Waals surface area contributed by atoms with Gasteiger partial charge in [0.15, 0.2) is 0 Å². The fraction of sp³-hybridized carbons (Fsp3) is 0.385. The molecule has 1 aromatic rings. The summed E-state index contributed by atoms with van der Waals surface area (Å²) in [5.74, 6) is -1.20. The smallest absolute Gasteiger partial charge is 0.307 e. The zero-order valence-electron chi connectivity index (χ0n) is 10.1. The fourth-order valence-corrected chi connectivity index (χ4v) is 2.12. The Hall–Kier alpha value is -1.31. The van der Waals surface area contributed by atoms with Crippen molar-refractivity contribution < 1.29 is 19.4 Å². The number of carboxylic acid groups (broad SMARTS) is 1. The molecular weight excluding hydrogens is 361 g/mol. The van der Waals surface area contributed by atoms with E-state index >= 15 is 0 Å². The molecule has 2 rings (SSSR count). The van der Waals surface area contributed by atoms with Crippen molar-refractivity contribution >= 4 is 34.5 Å². The van der Waals surface area contributed by atoms with E-state index in [-0.39, 0.29) is 11.8 Å². The van der Waals surface area contributed by atoms with Gasteiger partial charge < -0.3 is 15.2 Å². The lowest BCUT2D eigenvalue weighted by molar-refractivity contribution is -0.140. The minimum atomic E-state index is -0.893. The van der Waals surface area contributed by atoms with Crippen LogP contribution >= 0.6 is 22.6 Å². The zero-order chi connectivity index (χ0) is 13.8. The average Bonchev–Trinajstić information content (AvgIpc) is 3.17. The van der Waals surface area contributed by atoms with Crippen molar-refractivity contribution in [2.24, 2.45) is 11.8 Å². The first-order valence-electron chi connectivity index (χ1n) is 5.97. The van der Waals surface area contributed by atoms with E-state index in [1.165, 1.54) is 0 Å². The van der Waals surface area contributed by atoms with Crippen LogP contribution in [0.1, 0.15) is 6.42 Å². The van der Waals surface area contributed by atoms with Gasteiger partial charge in [0.2, 0.25) is 5.91 Å². The maximum absolute atomic E-state index is 11.5. The Kier molecular flexibility index (Phi) is 4.62. The first-order valence-corrected chi connectivity index (χ1v) is 7.04. The highest BCUT2D eigenvalue weighted by molar-refractivity contribution is 14.1. The molecule has 5 nitrogen and oxygen atoms in total. The number of hydrogen-bond donors (Lipinski definition) is 2. The molecule has 1 aliphatic rings. The third kappa shape index (κ3) is 4.09. The molecular formula is C13H14INO4. The number of carbonyl (C=O) groups is 2. The molecule has 0 heterocycles. The second-order valence-electron chi connectivity index (χ2n) is 4.38. The molecule has 2 N–H and O–H groups in total. The monoisotopic (exact) mass is 375 g/mol. The number of amides is 1. The van der Waals surface area contributed by atoms with Crippen LogP contribution in [-0.2, 0) is 9.59 Å². The average molecular weight is 375 g/mol. The molecule has 0 spiro atoms. The second-order valence-corrected chi connectivity index (χ2v) is 5.63. The summed E-state index contributed by atoms with van der Waals surface area (Å²) in [6.45, 7) is 0.754. The van der Waals surface area contributed by atoms with E-state index in [2.05, 4.69) is 27.9 Å². The molecule has 0 aliphatic heterocycles. The summed E-state index contributed by atoms with van der Waals surface area (Å²) < 4.78 is 6.58. The van der Waals surface area contributed by atoms with Gasteiger partial charge in [-0.3, -0.25) is 9.59 Å². The Morgan fingerprint density at radius 3 is 2.58 bits per heavy atom. The third-order valence-corrected chi connectivity index (χ3v) is 3.65. The predicted octanol–water partition coefficient (Wildman–Crippen LogP) is 1.51. The van der Waals surface area contributed by atoms with Crippen LogP contribution < -0.4 is 10.1 Å². The van der Waals surface area contributed by atoms with E-state index in [1.54, 1.807) is 0 Å². The number of carbonyl (C=O) groups excluding carboxylic acids is 1. The van der Waals surface area contributed by atoms with Gasteiger partial charge in [-0.25, -0.2) is 0 Å². The SMILES string of the molecule is O=C(O)C1CC1C(=O)NCCOc1ccc(I)cc1. The van der Waals surface area contributed by atoms with Crippen molar-refractivity contribution in [2.45, 2.75) is 6.42 Å². The van der Waals surface area contributed by atoms with Gasteiger partial charge in [-0.05, 0) is 53.3 Å². The van der Waals surface area contributed by atoms with Gasteiger partial charge in [-0.1, -0.05) is 0 Å². The maximum atomic E-state index is 11.5. The molecule has 6 heteroatoms. The topological polar surface area (TPSA) is 75.6 Å². The summed E-state index contributed by atoms with van der Waals surface area (Å²) in [4.78, 5) is 22.2. The van der Waals surface area contributed by atoms with Gasteiger partial charge in [0.1, 0.15) is 12.4 Å². The Labute approximate surface area is 124 Å². The standard InChI is InChI=1S/C13H14INO4/c14-8-1-3-9(4-2-8)19-6-5-15-12(16)10-7-11(10)13(17)18/h1-4,10-11H,5-7H2,(H,15,16)(H,17,18). The van der Waals surface area contributed by atoms with Crippen molar-refractivity contribution in [1.29, 1.82) is 0 Å². The zero-order valence-corrected chi connectivity index (χ0v) is 12.3. The lowest BCUT2D eigenvalue weighted by Gasteiger charge is -2.07. The molecule has 1 aliphatic carbocycles. The van der Waals surface area contributed by atoms with Crippen molar-refractivity contribution in [3.05, 3.63) is 27.8 Å². The van der Waals surface area contributed by atoms with Crippen molar-refractivity contribution in [1.82, 2.24) is 5.32 Å². The highest BCUT2D eigenvalue weighted by atomic mass is 127. The van der Waals surface area contributed by atoms with Gasteiger partial charge in [-0.15, -0.1) is 0 Å². The van der Waals surface area contributed by atoms with Gasteiger partial charge in [0, 0.05) is 3.57 Å². The molecule has 1 saturated carbocycles. The summed E-state index contributed by atoms with van der Waals surface area (Å²) in [5.41, 5.74) is 0. The fourth-order valence-electron chi connectivity index (χ4n) is 1.76. The molecule has 2 atom stereocenters. The van der Waals surface area contributed by atoms with Crippen LogP contribution in [-0.4, -0.2) is 30.1 Å². The molecule has 102 valence electrons. The molecule has 0 aromatic heterocycles. The summed E-state index contributed by atoms with van der Waals surface area (Å²) in [5, 5.41) is 11.4. The number of aliphatic carboxylic acids is 1. The van der Waals surface area contributed by atoms with Crippen LogP contribution in [0.15, 0.2) is 24.3 Å². The van der Waals surface area contributed by atoms with Crippen LogP contribution in [0.5, 0.6) is 5.75 Å². The van der Waals surface area contributed by atoms with E-state index in [9.17, 15) is 9.59 Å². The molecule has 1 fully saturated rings. The van der Waals surface area contributed by atoms with Crippen LogP contribution in [0.25, 0.3) is 0 Å². The van der Waals surface area contributed by atoms with Gasteiger partial charge >= 0.3 is 5.97 Å². The number of rotatable bonds is 6. The van der Waals surface area contributed by atoms with Crippen LogP contribution in [0.3, 0.4) is 0 Å². The predicted molar refractivity (Wildman–Crippen MR) is 76.9 cm³/mol. The highest BCUT2D eigenvalue weighted by Gasteiger charge is 2.48. The number of carboxylic acids is 1. The summed E-state index contributed by atoms with van der Waals surface area (Å²) >= 11 is 2.21. The largest absolute Gasteiger partial charge is 0.492 e. The number of ether oxygens (including phenoxy) is 1. The molecule has 0 saturated heterocycles. The highest BCUT2D eigenvalue weighted by Crippen LogP contribution is 2.38. The molecule has 0 radical (unpaired) electrons. The third-order valence-electron chi connectivity index (χ3n) is 2.93. The van der Waals surface area contributed by atoms with Gasteiger partial charge in [-0.2, -0.15) is 0 Å². The lowest BCUT2D eigenvalue weighted by atomic mass is 10.3. The van der Waals surface area contributed by atoms with E-state index in [0.717, 1.165) is 9.32 Å². The Bertz CT molecular complexity index is 474. The Morgan fingerprint density at radius 1 is 1.32 bits per heavy atom. The molecule has 0 bridgehead atoms. The Balaban J connectivity index is 1.63. The van der Waals surface area contributed by atoms with Crippen LogP contribution in [0.2, 0.25) is 0 Å². The molecule has 1 amide bonds. The summed E-state index contributed by atoms with van der Waals surface area (Å²) in [6.07, 6.45) is 0.444. The van der Waals surface area contributed by atoms with Crippen LogP contribution in [0, 0.1) is 15.4 Å². The van der Waals surface area contributed by atoms with Gasteiger partial charge in [0.05, 0.1) is 18.4 Å². The van der Waals surface area contributed by atoms with E-state index < -0.39 is 11.9 Å². The number of hydrogen-bond acceptors (Lipinski definition) is 3. The minimum absolute atomic E-state index is 0.196. The number of halogens is 1. The number of nitrogens with one attached hydrogen (secondary N) is 1. The quantitative estimate of drug-likeness (QED) is 0.584. The van der Waals surface area contributed by atoms with E-state index in [0.29, 0.717) is 19.6 Å².